The molecule has 1 aliphatic heterocycles. The van der Waals surface area contributed by atoms with Gasteiger partial charge >= 0.3 is 0 Å². The smallest absolute Gasteiger partial charge is 0.0658 e. The molecular weight excluding hydrogens is 202 g/mol. The minimum absolute atomic E-state index is 1.07. The summed E-state index contributed by atoms with van der Waals surface area (Å²) < 4.78 is 1.15. The molecule has 0 bridgehead atoms. The molecule has 1 aromatic rings. The summed E-state index contributed by atoms with van der Waals surface area (Å²) in [6, 6.07) is 6.22. The second-order valence-electron chi connectivity index (χ2n) is 2.62. The van der Waals surface area contributed by atoms with Crippen LogP contribution in [0.3, 0.4) is 0 Å². The van der Waals surface area contributed by atoms with Crippen LogP contribution in [0.25, 0.3) is 0 Å². The standard InChI is InChI=1S/C9H8BrN/c10-8-3-4-9-7(6-8)2-1-5-11-9/h3-6H,1-2H2. The Morgan fingerprint density at radius 1 is 1.36 bits per heavy atom. The maximum absolute atomic E-state index is 4.29. The third-order valence-corrected chi connectivity index (χ3v) is 2.31. The molecule has 1 aromatic carbocycles. The van der Waals surface area contributed by atoms with Gasteiger partial charge in [0, 0.05) is 10.7 Å². The molecule has 0 amide bonds. The zero-order valence-corrected chi connectivity index (χ0v) is 7.63. The Morgan fingerprint density at radius 2 is 2.27 bits per heavy atom. The fraction of sp³-hybridized carbons (Fsp3) is 0.222. The van der Waals surface area contributed by atoms with Gasteiger partial charge in [0.05, 0.1) is 5.69 Å². The van der Waals surface area contributed by atoms with Crippen LogP contribution >= 0.6 is 15.9 Å². The van der Waals surface area contributed by atoms with Gasteiger partial charge in [-0.3, -0.25) is 4.99 Å². The molecule has 1 nitrogen and oxygen atoms in total. The lowest BCUT2D eigenvalue weighted by Gasteiger charge is -2.08. The normalized spacial score (nSPS) is 14.6. The van der Waals surface area contributed by atoms with Crippen molar-refractivity contribution in [1.82, 2.24) is 0 Å². The summed E-state index contributed by atoms with van der Waals surface area (Å²) in [7, 11) is 0. The van der Waals surface area contributed by atoms with Gasteiger partial charge in [-0.25, -0.2) is 0 Å². The summed E-state index contributed by atoms with van der Waals surface area (Å²) in [5.74, 6) is 0. The van der Waals surface area contributed by atoms with Crippen LogP contribution in [0.15, 0.2) is 27.7 Å². The Balaban J connectivity index is 2.53. The number of aryl methyl sites for hydroxylation is 1. The average molecular weight is 210 g/mol. The first-order valence-electron chi connectivity index (χ1n) is 3.67. The number of fused-ring (bicyclic) bond motifs is 1. The second-order valence-corrected chi connectivity index (χ2v) is 3.54. The van der Waals surface area contributed by atoms with E-state index in [0.717, 1.165) is 23.0 Å². The third-order valence-electron chi connectivity index (χ3n) is 1.81. The summed E-state index contributed by atoms with van der Waals surface area (Å²) in [5, 5.41) is 0. The summed E-state index contributed by atoms with van der Waals surface area (Å²) in [6.45, 7) is 0. The Kier molecular flexibility index (Phi) is 1.78. The number of nitrogens with zero attached hydrogens (tertiary/aromatic N) is 1. The molecule has 0 aromatic heterocycles. The van der Waals surface area contributed by atoms with E-state index in [1.54, 1.807) is 0 Å². The van der Waals surface area contributed by atoms with Crippen molar-refractivity contribution in [2.45, 2.75) is 12.8 Å². The predicted molar refractivity (Wildman–Crippen MR) is 50.6 cm³/mol. The molecule has 2 rings (SSSR count). The highest BCUT2D eigenvalue weighted by Gasteiger charge is 2.04. The first kappa shape index (κ1) is 7.04. The molecule has 0 N–H and O–H groups in total. The molecular formula is C9H8BrN. The number of benzene rings is 1. The minimum atomic E-state index is 1.07. The Hall–Kier alpha value is -0.630. The summed E-state index contributed by atoms with van der Waals surface area (Å²) in [6.07, 6.45) is 4.18. The maximum atomic E-state index is 4.29. The molecule has 1 heterocycles. The van der Waals surface area contributed by atoms with E-state index in [9.17, 15) is 0 Å². The fourth-order valence-electron chi connectivity index (χ4n) is 1.26. The highest BCUT2D eigenvalue weighted by atomic mass is 79.9. The van der Waals surface area contributed by atoms with Gasteiger partial charge in [0.25, 0.3) is 0 Å². The lowest BCUT2D eigenvalue weighted by molar-refractivity contribution is 1.03. The molecule has 0 spiro atoms. The Morgan fingerprint density at radius 3 is 3.18 bits per heavy atom. The van der Waals surface area contributed by atoms with Crippen molar-refractivity contribution >= 4 is 27.8 Å². The second kappa shape index (κ2) is 2.78. The van der Waals surface area contributed by atoms with Crippen LogP contribution in [0, 0.1) is 0 Å². The highest BCUT2D eigenvalue weighted by molar-refractivity contribution is 9.10. The van der Waals surface area contributed by atoms with E-state index in [2.05, 4.69) is 33.1 Å². The van der Waals surface area contributed by atoms with Crippen molar-refractivity contribution in [2.75, 3.05) is 0 Å². The summed E-state index contributed by atoms with van der Waals surface area (Å²) >= 11 is 3.44. The monoisotopic (exact) mass is 209 g/mol. The van der Waals surface area contributed by atoms with E-state index in [0.29, 0.717) is 0 Å². The van der Waals surface area contributed by atoms with Gasteiger partial charge in [0.1, 0.15) is 0 Å². The first-order chi connectivity index (χ1) is 5.36. The van der Waals surface area contributed by atoms with Gasteiger partial charge < -0.3 is 0 Å². The highest BCUT2D eigenvalue weighted by Crippen LogP contribution is 2.26. The van der Waals surface area contributed by atoms with E-state index >= 15 is 0 Å². The van der Waals surface area contributed by atoms with E-state index in [1.165, 1.54) is 5.56 Å². The molecule has 56 valence electrons. The molecule has 2 heteroatoms. The van der Waals surface area contributed by atoms with Gasteiger partial charge in [-0.2, -0.15) is 0 Å². The van der Waals surface area contributed by atoms with Crippen molar-refractivity contribution in [3.05, 3.63) is 28.2 Å². The van der Waals surface area contributed by atoms with Crippen molar-refractivity contribution in [3.63, 3.8) is 0 Å². The number of hydrogen-bond donors (Lipinski definition) is 0. The number of rotatable bonds is 0. The van der Waals surface area contributed by atoms with Gasteiger partial charge in [0.15, 0.2) is 0 Å². The van der Waals surface area contributed by atoms with Gasteiger partial charge in [-0.1, -0.05) is 15.9 Å². The first-order valence-corrected chi connectivity index (χ1v) is 4.46. The van der Waals surface area contributed by atoms with E-state index in [4.69, 9.17) is 0 Å². The molecule has 11 heavy (non-hydrogen) atoms. The van der Waals surface area contributed by atoms with Crippen molar-refractivity contribution in [3.8, 4) is 0 Å². The van der Waals surface area contributed by atoms with Gasteiger partial charge in [-0.15, -0.1) is 0 Å². The Bertz CT molecular complexity index is 304. The molecule has 0 aliphatic carbocycles. The van der Waals surface area contributed by atoms with E-state index in [-0.39, 0.29) is 0 Å². The predicted octanol–water partition coefficient (Wildman–Crippen LogP) is 3.10. The number of aliphatic imine (C=N–C) groups is 1. The van der Waals surface area contributed by atoms with Crippen LogP contribution in [0.5, 0.6) is 0 Å². The zero-order valence-electron chi connectivity index (χ0n) is 6.05. The van der Waals surface area contributed by atoms with Crippen molar-refractivity contribution < 1.29 is 0 Å². The van der Waals surface area contributed by atoms with Crippen LogP contribution in [0.2, 0.25) is 0 Å². The van der Waals surface area contributed by atoms with Crippen LogP contribution in [-0.4, -0.2) is 6.21 Å². The van der Waals surface area contributed by atoms with Crippen LogP contribution in [-0.2, 0) is 6.42 Å². The van der Waals surface area contributed by atoms with Gasteiger partial charge in [0.2, 0.25) is 0 Å². The van der Waals surface area contributed by atoms with Crippen molar-refractivity contribution in [1.29, 1.82) is 0 Å². The molecule has 0 unspecified atom stereocenters. The molecule has 0 saturated carbocycles. The summed E-state index contributed by atoms with van der Waals surface area (Å²) in [5.41, 5.74) is 2.47. The number of halogens is 1. The van der Waals surface area contributed by atoms with Crippen LogP contribution < -0.4 is 0 Å². The molecule has 0 atom stereocenters. The molecule has 1 aliphatic rings. The lowest BCUT2D eigenvalue weighted by Crippen LogP contribution is -1.92. The largest absolute Gasteiger partial charge is 0.261 e. The van der Waals surface area contributed by atoms with Gasteiger partial charge in [-0.05, 0) is 36.6 Å². The minimum Gasteiger partial charge on any atom is -0.261 e. The molecule has 0 radical (unpaired) electrons. The van der Waals surface area contributed by atoms with Crippen LogP contribution in [0.4, 0.5) is 5.69 Å². The lowest BCUT2D eigenvalue weighted by atomic mass is 10.1. The average Bonchev–Trinajstić information content (AvgIpc) is 2.04. The molecule has 0 fully saturated rings. The zero-order chi connectivity index (χ0) is 7.68. The molecule has 0 saturated heterocycles. The third kappa shape index (κ3) is 1.36. The van der Waals surface area contributed by atoms with E-state index < -0.39 is 0 Å². The maximum Gasteiger partial charge on any atom is 0.0658 e. The quantitative estimate of drug-likeness (QED) is 0.623. The SMILES string of the molecule is Brc1ccc2c(c1)CCC=N2. The summed E-state index contributed by atoms with van der Waals surface area (Å²) in [4.78, 5) is 4.29. The van der Waals surface area contributed by atoms with Crippen LogP contribution in [0.1, 0.15) is 12.0 Å². The number of hydrogen-bond acceptors (Lipinski definition) is 1. The van der Waals surface area contributed by atoms with Crippen molar-refractivity contribution in [2.24, 2.45) is 4.99 Å². The van der Waals surface area contributed by atoms with E-state index in [1.807, 2.05) is 12.3 Å². The fourth-order valence-corrected chi connectivity index (χ4v) is 1.67. The topological polar surface area (TPSA) is 12.4 Å². The Labute approximate surface area is 74.3 Å².